The summed E-state index contributed by atoms with van der Waals surface area (Å²) in [4.78, 5) is 2.39. The molecule has 2 heteroatoms. The molecule has 1 aromatic heterocycles. The predicted octanol–water partition coefficient (Wildman–Crippen LogP) is 15.0. The highest BCUT2D eigenvalue weighted by molar-refractivity contribution is 6.10. The zero-order chi connectivity index (χ0) is 36.2. The Hall–Kier alpha value is -6.90. The van der Waals surface area contributed by atoms with Crippen molar-refractivity contribution in [3.8, 4) is 33.4 Å². The molecule has 0 bridgehead atoms. The van der Waals surface area contributed by atoms with Gasteiger partial charge in [-0.1, -0.05) is 139 Å². The van der Waals surface area contributed by atoms with Gasteiger partial charge in [-0.15, -0.1) is 0 Å². The van der Waals surface area contributed by atoms with Gasteiger partial charge in [0.25, 0.3) is 0 Å². The van der Waals surface area contributed by atoms with Crippen LogP contribution in [0.1, 0.15) is 11.1 Å². The number of hydrogen-bond donors (Lipinski definition) is 0. The molecule has 0 saturated heterocycles. The van der Waals surface area contributed by atoms with Crippen LogP contribution >= 0.6 is 0 Å². The van der Waals surface area contributed by atoms with Gasteiger partial charge in [-0.3, -0.25) is 0 Å². The lowest BCUT2D eigenvalue weighted by Crippen LogP contribution is -2.11. The lowest BCUT2D eigenvalue weighted by Gasteiger charge is -2.28. The number of benzene rings is 9. The highest BCUT2D eigenvalue weighted by Crippen LogP contribution is 2.44. The van der Waals surface area contributed by atoms with Gasteiger partial charge in [0.2, 0.25) is 0 Å². The van der Waals surface area contributed by atoms with E-state index < -0.39 is 0 Å². The van der Waals surface area contributed by atoms with Crippen molar-refractivity contribution >= 4 is 60.5 Å². The van der Waals surface area contributed by atoms with E-state index in [2.05, 4.69) is 207 Å². The fraction of sp³-hybridized carbons (Fsp3) is 0.0385. The second-order valence-corrected chi connectivity index (χ2v) is 14.3. The molecule has 1 heterocycles. The van der Waals surface area contributed by atoms with E-state index in [-0.39, 0.29) is 0 Å². The molecule has 10 aromatic rings. The zero-order valence-electron chi connectivity index (χ0n) is 30.3. The monoisotopic (exact) mass is 691 g/mol. The third-order valence-electron chi connectivity index (χ3n) is 10.8. The number of anilines is 3. The summed E-state index contributed by atoms with van der Waals surface area (Å²) in [5, 5.41) is 7.28. The minimum atomic E-state index is 0.919. The average molecular weight is 692 g/mol. The lowest BCUT2D eigenvalue weighted by atomic mass is 9.95. The van der Waals surface area contributed by atoms with Crippen LogP contribution in [0, 0.1) is 13.8 Å². The van der Waals surface area contributed by atoms with Gasteiger partial charge in [-0.05, 0) is 118 Å². The van der Waals surface area contributed by atoms with E-state index in [0.29, 0.717) is 0 Å². The fourth-order valence-corrected chi connectivity index (χ4v) is 8.19. The first-order valence-electron chi connectivity index (χ1n) is 18.6. The smallest absolute Gasteiger partial charge is 0.143 e. The minimum absolute atomic E-state index is 0.919. The Kier molecular flexibility index (Phi) is 7.63. The maximum absolute atomic E-state index is 6.53. The topological polar surface area (TPSA) is 16.4 Å². The van der Waals surface area contributed by atoms with Crippen LogP contribution in [0.15, 0.2) is 192 Å². The molecule has 0 amide bonds. The molecule has 0 atom stereocenters. The van der Waals surface area contributed by atoms with Crippen LogP contribution in [0.25, 0.3) is 76.9 Å². The Labute approximate surface area is 315 Å². The molecule has 0 aliphatic heterocycles. The lowest BCUT2D eigenvalue weighted by molar-refractivity contribution is 0.670. The van der Waals surface area contributed by atoms with E-state index >= 15 is 0 Å². The van der Waals surface area contributed by atoms with Gasteiger partial charge >= 0.3 is 0 Å². The number of hydrogen-bond acceptors (Lipinski definition) is 2. The van der Waals surface area contributed by atoms with E-state index in [0.717, 1.165) is 50.1 Å². The summed E-state index contributed by atoms with van der Waals surface area (Å²) in [6.07, 6.45) is 0. The van der Waals surface area contributed by atoms with Crippen LogP contribution in [0.4, 0.5) is 17.1 Å². The van der Waals surface area contributed by atoms with E-state index in [1.54, 1.807) is 0 Å². The molecule has 0 aliphatic rings. The van der Waals surface area contributed by atoms with Gasteiger partial charge in [-0.2, -0.15) is 0 Å². The summed E-state index contributed by atoms with van der Waals surface area (Å²) < 4.78 is 6.53. The molecule has 0 N–H and O–H groups in total. The van der Waals surface area contributed by atoms with Crippen molar-refractivity contribution in [2.45, 2.75) is 13.8 Å². The molecule has 0 saturated carbocycles. The number of nitrogens with zero attached hydrogens (tertiary/aromatic N) is 1. The molecule has 0 aliphatic carbocycles. The van der Waals surface area contributed by atoms with Crippen molar-refractivity contribution in [2.75, 3.05) is 4.90 Å². The first-order chi connectivity index (χ1) is 26.6. The molecular weight excluding hydrogens is 655 g/mol. The number of fused-ring (bicyclic) bond motifs is 5. The molecule has 0 radical (unpaired) electrons. The van der Waals surface area contributed by atoms with E-state index in [1.807, 2.05) is 0 Å². The summed E-state index contributed by atoms with van der Waals surface area (Å²) >= 11 is 0. The number of aryl methyl sites for hydroxylation is 2. The first kappa shape index (κ1) is 31.8. The maximum atomic E-state index is 6.53. The highest BCUT2D eigenvalue weighted by Gasteiger charge is 2.20. The number of rotatable bonds is 6. The van der Waals surface area contributed by atoms with E-state index in [9.17, 15) is 0 Å². The molecule has 0 fully saturated rings. The quantitative estimate of drug-likeness (QED) is 0.173. The third-order valence-corrected chi connectivity index (χ3v) is 10.8. The van der Waals surface area contributed by atoms with Crippen molar-refractivity contribution < 1.29 is 4.42 Å². The zero-order valence-corrected chi connectivity index (χ0v) is 30.3. The SMILES string of the molecule is Cc1ccc2oc3c(-c4ccc(N(c5ccc(-c6cccc7ccccc67)cc5)c5ccccc5-c5cccc6ccccc56)cc4)cc(C)cc3c2c1. The Balaban J connectivity index is 1.13. The van der Waals surface area contributed by atoms with Crippen LogP contribution in [0.2, 0.25) is 0 Å². The minimum Gasteiger partial charge on any atom is -0.455 e. The van der Waals surface area contributed by atoms with Gasteiger partial charge in [-0.25, -0.2) is 0 Å². The predicted molar refractivity (Wildman–Crippen MR) is 229 cm³/mol. The summed E-state index contributed by atoms with van der Waals surface area (Å²) in [7, 11) is 0. The average Bonchev–Trinajstić information content (AvgIpc) is 3.58. The second-order valence-electron chi connectivity index (χ2n) is 14.3. The molecule has 9 aromatic carbocycles. The van der Waals surface area contributed by atoms with Crippen molar-refractivity contribution in [2.24, 2.45) is 0 Å². The first-order valence-corrected chi connectivity index (χ1v) is 18.6. The summed E-state index contributed by atoms with van der Waals surface area (Å²) in [5.74, 6) is 0. The summed E-state index contributed by atoms with van der Waals surface area (Å²) in [6, 6.07) is 68.1. The molecule has 54 heavy (non-hydrogen) atoms. The van der Waals surface area contributed by atoms with Crippen LogP contribution in [0.5, 0.6) is 0 Å². The Morgan fingerprint density at radius 1 is 0.370 bits per heavy atom. The molecule has 0 unspecified atom stereocenters. The van der Waals surface area contributed by atoms with E-state index in [4.69, 9.17) is 4.42 Å². The second kappa shape index (κ2) is 12.9. The summed E-state index contributed by atoms with van der Waals surface area (Å²) in [6.45, 7) is 4.30. The van der Waals surface area contributed by atoms with Gasteiger partial charge in [0, 0.05) is 33.3 Å². The normalized spacial score (nSPS) is 11.5. The van der Waals surface area contributed by atoms with Gasteiger partial charge < -0.3 is 9.32 Å². The van der Waals surface area contributed by atoms with Crippen LogP contribution in [0.3, 0.4) is 0 Å². The molecule has 2 nitrogen and oxygen atoms in total. The standard InChI is InChI=1S/C52H37NO/c1-34-21-30-51-48(31-34)49-33-35(2)32-47(52(49)54-51)39-24-28-41(29-25-39)53(40-26-22-38(23-27-40)43-18-9-13-36-11-3-5-15-42(36)43)50-20-8-7-17-46(50)45-19-10-14-37-12-4-6-16-44(37)45/h3-33H,1-2H3. The van der Waals surface area contributed by atoms with Crippen molar-refractivity contribution in [3.05, 3.63) is 199 Å². The van der Waals surface area contributed by atoms with E-state index in [1.165, 1.54) is 54.9 Å². The Morgan fingerprint density at radius 3 is 1.61 bits per heavy atom. The molecule has 0 spiro atoms. The van der Waals surface area contributed by atoms with Crippen molar-refractivity contribution in [1.29, 1.82) is 0 Å². The van der Waals surface area contributed by atoms with Gasteiger partial charge in [0.15, 0.2) is 0 Å². The van der Waals surface area contributed by atoms with Gasteiger partial charge in [0.1, 0.15) is 11.2 Å². The fourth-order valence-electron chi connectivity index (χ4n) is 8.19. The molecule has 10 rings (SSSR count). The highest BCUT2D eigenvalue weighted by atomic mass is 16.3. The van der Waals surface area contributed by atoms with Crippen LogP contribution < -0.4 is 4.90 Å². The van der Waals surface area contributed by atoms with Gasteiger partial charge in [0.05, 0.1) is 5.69 Å². The van der Waals surface area contributed by atoms with Crippen LogP contribution in [-0.2, 0) is 0 Å². The van der Waals surface area contributed by atoms with Crippen molar-refractivity contribution in [3.63, 3.8) is 0 Å². The number of para-hydroxylation sites is 1. The molecule has 256 valence electrons. The third kappa shape index (κ3) is 5.43. The Morgan fingerprint density at radius 2 is 0.907 bits per heavy atom. The number of furan rings is 1. The largest absolute Gasteiger partial charge is 0.455 e. The maximum Gasteiger partial charge on any atom is 0.143 e. The molecular formula is C52H37NO. The van der Waals surface area contributed by atoms with Crippen molar-refractivity contribution in [1.82, 2.24) is 0 Å². The Bertz CT molecular complexity index is 2990. The summed E-state index contributed by atoms with van der Waals surface area (Å²) in [5.41, 5.74) is 14.6. The van der Waals surface area contributed by atoms with Crippen LogP contribution in [-0.4, -0.2) is 0 Å².